The third kappa shape index (κ3) is 3.10. The smallest absolute Gasteiger partial charge is 0.263 e. The van der Waals surface area contributed by atoms with Crippen LogP contribution in [0.5, 0.6) is 0 Å². The minimum Gasteiger partial charge on any atom is -0.397 e. The Labute approximate surface area is 126 Å². The number of benzene rings is 1. The van der Waals surface area contributed by atoms with Gasteiger partial charge in [-0.25, -0.2) is 13.4 Å². The number of sulfonamides is 1. The average Bonchev–Trinajstić information content (AvgIpc) is 2.32. The van der Waals surface area contributed by atoms with Crippen LogP contribution in [0.4, 0.5) is 11.5 Å². The molecule has 106 valence electrons. The Balaban J connectivity index is 2.41. The summed E-state index contributed by atoms with van der Waals surface area (Å²) in [4.78, 5) is 4.20. The maximum atomic E-state index is 12.4. The number of nitrogens with one attached hydrogen (secondary N) is 1. The monoisotopic (exact) mass is 355 g/mol. The third-order valence-electron chi connectivity index (χ3n) is 2.71. The van der Waals surface area contributed by atoms with Crippen molar-refractivity contribution in [2.24, 2.45) is 0 Å². The largest absolute Gasteiger partial charge is 0.397 e. The highest BCUT2D eigenvalue weighted by Crippen LogP contribution is 2.25. The number of nitrogens with zero attached hydrogens (tertiary/aromatic N) is 1. The van der Waals surface area contributed by atoms with Crippen molar-refractivity contribution in [1.82, 2.24) is 4.98 Å². The maximum absolute atomic E-state index is 12.4. The fraction of sp³-hybridized carbons (Fsp3) is 0.154. The van der Waals surface area contributed by atoms with Gasteiger partial charge in [-0.2, -0.15) is 0 Å². The van der Waals surface area contributed by atoms with E-state index in [0.29, 0.717) is 15.7 Å². The van der Waals surface area contributed by atoms with E-state index in [1.165, 1.54) is 6.20 Å². The van der Waals surface area contributed by atoms with E-state index in [4.69, 9.17) is 5.73 Å². The maximum Gasteiger partial charge on any atom is 0.263 e. The number of nitrogens with two attached hydrogens (primary N) is 1. The Morgan fingerprint density at radius 2 is 1.95 bits per heavy atom. The fourth-order valence-electron chi connectivity index (χ4n) is 1.81. The van der Waals surface area contributed by atoms with E-state index in [2.05, 4.69) is 25.6 Å². The summed E-state index contributed by atoms with van der Waals surface area (Å²) in [5.41, 5.74) is 7.72. The lowest BCUT2D eigenvalue weighted by Crippen LogP contribution is -2.15. The van der Waals surface area contributed by atoms with Crippen LogP contribution in [0.25, 0.3) is 0 Å². The normalized spacial score (nSPS) is 11.3. The van der Waals surface area contributed by atoms with Gasteiger partial charge in [0.1, 0.15) is 0 Å². The average molecular weight is 356 g/mol. The summed E-state index contributed by atoms with van der Waals surface area (Å²) >= 11 is 3.23. The molecule has 0 aliphatic rings. The predicted molar refractivity (Wildman–Crippen MR) is 83.1 cm³/mol. The zero-order chi connectivity index (χ0) is 14.9. The van der Waals surface area contributed by atoms with E-state index in [-0.39, 0.29) is 10.7 Å². The molecular formula is C13H14BrN3O2S. The summed E-state index contributed by atoms with van der Waals surface area (Å²) in [6.07, 6.45) is 1.39. The minimum atomic E-state index is -3.68. The van der Waals surface area contributed by atoms with Crippen molar-refractivity contribution in [1.29, 1.82) is 0 Å². The zero-order valence-electron chi connectivity index (χ0n) is 11.0. The molecule has 0 unspecified atom stereocenters. The first-order chi connectivity index (χ1) is 9.29. The standard InChI is InChI=1S/C13H14BrN3O2S/c1-8-3-4-12(9(2)5-8)20(18,19)17-13-11(14)6-10(15)7-16-13/h3-7H,15H2,1-2H3,(H,16,17). The first kappa shape index (κ1) is 14.8. The predicted octanol–water partition coefficient (Wildman–Crippen LogP) is 2.84. The molecule has 0 fully saturated rings. The Kier molecular flexibility index (Phi) is 4.01. The highest BCUT2D eigenvalue weighted by atomic mass is 79.9. The molecule has 1 aromatic carbocycles. The summed E-state index contributed by atoms with van der Waals surface area (Å²) in [5.74, 6) is 0.208. The third-order valence-corrected chi connectivity index (χ3v) is 4.82. The number of halogens is 1. The molecule has 0 saturated heterocycles. The van der Waals surface area contributed by atoms with Crippen molar-refractivity contribution in [3.63, 3.8) is 0 Å². The SMILES string of the molecule is Cc1ccc(S(=O)(=O)Nc2ncc(N)cc2Br)c(C)c1. The van der Waals surface area contributed by atoms with Crippen LogP contribution in [-0.2, 0) is 10.0 Å². The fourth-order valence-corrected chi connectivity index (χ4v) is 3.67. The van der Waals surface area contributed by atoms with Crippen LogP contribution in [0.3, 0.4) is 0 Å². The molecule has 0 aliphatic carbocycles. The number of aryl methyl sites for hydroxylation is 2. The Hall–Kier alpha value is -1.60. The van der Waals surface area contributed by atoms with Gasteiger partial charge in [0.15, 0.2) is 5.82 Å². The number of aromatic nitrogens is 1. The van der Waals surface area contributed by atoms with Gasteiger partial charge in [0.25, 0.3) is 10.0 Å². The summed E-state index contributed by atoms with van der Waals surface area (Å²) in [6, 6.07) is 6.75. The molecule has 5 nitrogen and oxygen atoms in total. The van der Waals surface area contributed by atoms with Gasteiger partial charge in [-0.15, -0.1) is 0 Å². The van der Waals surface area contributed by atoms with Crippen LogP contribution in [0.15, 0.2) is 39.8 Å². The lowest BCUT2D eigenvalue weighted by atomic mass is 10.2. The Bertz CT molecular complexity index is 760. The first-order valence-corrected chi connectivity index (χ1v) is 8.08. The molecule has 20 heavy (non-hydrogen) atoms. The molecule has 0 atom stereocenters. The van der Waals surface area contributed by atoms with E-state index in [1.807, 2.05) is 13.0 Å². The van der Waals surface area contributed by atoms with Crippen LogP contribution < -0.4 is 10.5 Å². The topological polar surface area (TPSA) is 85.1 Å². The van der Waals surface area contributed by atoms with Crippen LogP contribution in [0, 0.1) is 13.8 Å². The molecule has 2 aromatic rings. The van der Waals surface area contributed by atoms with Crippen LogP contribution >= 0.6 is 15.9 Å². The molecule has 0 bridgehead atoms. The second-order valence-corrected chi connectivity index (χ2v) is 6.98. The van der Waals surface area contributed by atoms with Gasteiger partial charge in [0, 0.05) is 0 Å². The summed E-state index contributed by atoms with van der Waals surface area (Å²) < 4.78 is 27.7. The van der Waals surface area contributed by atoms with E-state index < -0.39 is 10.0 Å². The van der Waals surface area contributed by atoms with Gasteiger partial charge < -0.3 is 5.73 Å². The van der Waals surface area contributed by atoms with Crippen molar-refractivity contribution in [3.8, 4) is 0 Å². The molecular weight excluding hydrogens is 342 g/mol. The number of rotatable bonds is 3. The highest BCUT2D eigenvalue weighted by Gasteiger charge is 2.18. The van der Waals surface area contributed by atoms with Gasteiger partial charge >= 0.3 is 0 Å². The number of hydrogen-bond donors (Lipinski definition) is 2. The number of nitrogen functional groups attached to an aromatic ring is 1. The second-order valence-electron chi connectivity index (χ2n) is 4.47. The number of hydrogen-bond acceptors (Lipinski definition) is 4. The van der Waals surface area contributed by atoms with E-state index >= 15 is 0 Å². The summed E-state index contributed by atoms with van der Waals surface area (Å²) in [5, 5.41) is 0. The van der Waals surface area contributed by atoms with Crippen molar-refractivity contribution in [2.75, 3.05) is 10.5 Å². The highest BCUT2D eigenvalue weighted by molar-refractivity contribution is 9.10. The van der Waals surface area contributed by atoms with Crippen molar-refractivity contribution in [3.05, 3.63) is 46.1 Å². The van der Waals surface area contributed by atoms with Gasteiger partial charge in [-0.1, -0.05) is 17.7 Å². The zero-order valence-corrected chi connectivity index (χ0v) is 13.4. The van der Waals surface area contributed by atoms with Crippen molar-refractivity contribution >= 4 is 37.5 Å². The van der Waals surface area contributed by atoms with Crippen LogP contribution in [0.1, 0.15) is 11.1 Å². The van der Waals surface area contributed by atoms with E-state index in [9.17, 15) is 8.42 Å². The quantitative estimate of drug-likeness (QED) is 0.886. The molecule has 1 aromatic heterocycles. The van der Waals surface area contributed by atoms with E-state index in [0.717, 1.165) is 5.56 Å². The Morgan fingerprint density at radius 1 is 1.25 bits per heavy atom. The van der Waals surface area contributed by atoms with Gasteiger partial charge in [-0.05, 0) is 47.5 Å². The first-order valence-electron chi connectivity index (χ1n) is 5.81. The molecule has 1 heterocycles. The molecule has 0 spiro atoms. The van der Waals surface area contributed by atoms with Crippen molar-refractivity contribution < 1.29 is 8.42 Å². The minimum absolute atomic E-state index is 0.208. The van der Waals surface area contributed by atoms with Gasteiger partial charge in [0.05, 0.1) is 21.3 Å². The summed E-state index contributed by atoms with van der Waals surface area (Å²) in [6.45, 7) is 3.67. The molecule has 2 rings (SSSR count). The van der Waals surface area contributed by atoms with Gasteiger partial charge in [0.2, 0.25) is 0 Å². The Morgan fingerprint density at radius 3 is 2.55 bits per heavy atom. The lowest BCUT2D eigenvalue weighted by Gasteiger charge is -2.11. The number of anilines is 2. The number of pyridine rings is 1. The molecule has 3 N–H and O–H groups in total. The van der Waals surface area contributed by atoms with Crippen molar-refractivity contribution in [2.45, 2.75) is 18.7 Å². The molecule has 0 aliphatic heterocycles. The second kappa shape index (κ2) is 5.41. The van der Waals surface area contributed by atoms with Crippen LogP contribution in [-0.4, -0.2) is 13.4 Å². The molecule has 0 radical (unpaired) electrons. The van der Waals surface area contributed by atoms with Crippen LogP contribution in [0.2, 0.25) is 0 Å². The summed E-state index contributed by atoms with van der Waals surface area (Å²) in [7, 11) is -3.68. The molecule has 0 saturated carbocycles. The van der Waals surface area contributed by atoms with Gasteiger partial charge in [-0.3, -0.25) is 4.72 Å². The molecule has 0 amide bonds. The lowest BCUT2D eigenvalue weighted by molar-refractivity contribution is 0.600. The van der Waals surface area contributed by atoms with E-state index in [1.54, 1.807) is 25.1 Å². The molecule has 7 heteroatoms.